The number of nitrogens with one attached hydrogen (secondary N) is 2. The number of likely N-dealkylation sites (N-methyl/N-ethyl adjacent to an activating group) is 1. The fraction of sp³-hybridized carbons (Fsp3) is 0.467. The number of carbonyl (C=O) groups excluding carboxylic acids is 2. The van der Waals surface area contributed by atoms with Crippen LogP contribution in [0, 0.1) is 0 Å². The highest BCUT2D eigenvalue weighted by Crippen LogP contribution is 2.37. The maximum atomic E-state index is 12.8. The summed E-state index contributed by atoms with van der Waals surface area (Å²) in [6.07, 6.45) is -11.2. The largest absolute Gasteiger partial charge is 0.416 e. The van der Waals surface area contributed by atoms with Gasteiger partial charge >= 0.3 is 24.2 Å². The van der Waals surface area contributed by atoms with E-state index in [4.69, 9.17) is 0 Å². The van der Waals surface area contributed by atoms with Crippen molar-refractivity contribution in [1.29, 1.82) is 0 Å². The maximum Gasteiger partial charge on any atom is 0.416 e. The van der Waals surface area contributed by atoms with Crippen LogP contribution in [0.5, 0.6) is 0 Å². The number of alkyl halides is 6. The molecule has 1 atom stereocenters. The van der Waals surface area contributed by atoms with Gasteiger partial charge in [0.2, 0.25) is 0 Å². The Kier molecular flexibility index (Phi) is 7.20. The van der Waals surface area contributed by atoms with Gasteiger partial charge in [0.25, 0.3) is 0 Å². The van der Waals surface area contributed by atoms with Crippen LogP contribution in [-0.4, -0.2) is 55.1 Å². The van der Waals surface area contributed by atoms with Gasteiger partial charge in [-0.05, 0) is 32.3 Å². The van der Waals surface area contributed by atoms with E-state index >= 15 is 0 Å². The number of anilines is 1. The second kappa shape index (κ2) is 8.57. The van der Waals surface area contributed by atoms with E-state index < -0.39 is 47.1 Å². The second-order valence-electron chi connectivity index (χ2n) is 5.87. The minimum atomic E-state index is -5.08. The lowest BCUT2D eigenvalue weighted by atomic mass is 10.1. The number of hydrogen-bond donors (Lipinski definition) is 3. The number of nitrogens with zero attached hydrogens (tertiary/aromatic N) is 1. The molecular formula is C15H17F6N3O3. The highest BCUT2D eigenvalue weighted by atomic mass is 19.4. The van der Waals surface area contributed by atoms with Crippen molar-refractivity contribution in [2.45, 2.75) is 18.5 Å². The summed E-state index contributed by atoms with van der Waals surface area (Å²) in [5.74, 6) is -2.79. The average molecular weight is 401 g/mol. The van der Waals surface area contributed by atoms with E-state index in [2.05, 4.69) is 0 Å². The van der Waals surface area contributed by atoms with Gasteiger partial charge in [-0.2, -0.15) is 26.3 Å². The van der Waals surface area contributed by atoms with Crippen molar-refractivity contribution in [1.82, 2.24) is 10.2 Å². The van der Waals surface area contributed by atoms with Gasteiger partial charge in [0, 0.05) is 18.8 Å². The van der Waals surface area contributed by atoms with E-state index in [9.17, 15) is 41.0 Å². The van der Waals surface area contributed by atoms with Crippen LogP contribution in [0.2, 0.25) is 0 Å². The van der Waals surface area contributed by atoms with Gasteiger partial charge in [-0.15, -0.1) is 0 Å². The minimum absolute atomic E-state index is 0.104. The normalized spacial score (nSPS) is 13.4. The lowest BCUT2D eigenvalue weighted by molar-refractivity contribution is -0.143. The zero-order chi connectivity index (χ0) is 21.0. The molecule has 0 aliphatic carbocycles. The minimum Gasteiger partial charge on any atom is -0.390 e. The van der Waals surface area contributed by atoms with Gasteiger partial charge < -0.3 is 20.6 Å². The van der Waals surface area contributed by atoms with E-state index in [1.807, 2.05) is 5.32 Å². The number of halogens is 6. The van der Waals surface area contributed by atoms with Crippen LogP contribution in [0.4, 0.5) is 32.0 Å². The molecule has 12 heteroatoms. The molecule has 0 saturated heterocycles. The van der Waals surface area contributed by atoms with E-state index in [1.54, 1.807) is 24.3 Å². The van der Waals surface area contributed by atoms with E-state index in [-0.39, 0.29) is 31.3 Å². The predicted octanol–water partition coefficient (Wildman–Crippen LogP) is 1.70. The third-order valence-electron chi connectivity index (χ3n) is 3.13. The fourth-order valence-electron chi connectivity index (χ4n) is 1.99. The highest BCUT2D eigenvalue weighted by Gasteiger charge is 2.37. The summed E-state index contributed by atoms with van der Waals surface area (Å²) in [5.41, 5.74) is -4.10. The number of benzene rings is 1. The molecule has 1 aromatic carbocycles. The molecule has 0 heterocycles. The van der Waals surface area contributed by atoms with Crippen LogP contribution in [-0.2, 0) is 21.9 Å². The molecule has 0 aromatic heterocycles. The molecular weight excluding hydrogens is 384 g/mol. The van der Waals surface area contributed by atoms with Gasteiger partial charge in [0.05, 0.1) is 17.2 Å². The molecule has 3 N–H and O–H groups in total. The monoisotopic (exact) mass is 401 g/mol. The first kappa shape index (κ1) is 22.7. The Balaban J connectivity index is 2.90. The molecule has 0 spiro atoms. The number of hydrogen-bond acceptors (Lipinski definition) is 4. The van der Waals surface area contributed by atoms with Crippen molar-refractivity contribution < 1.29 is 41.0 Å². The first-order valence-electron chi connectivity index (χ1n) is 7.41. The smallest absolute Gasteiger partial charge is 0.390 e. The third-order valence-corrected chi connectivity index (χ3v) is 3.13. The lowest BCUT2D eigenvalue weighted by Crippen LogP contribution is -2.42. The molecule has 152 valence electrons. The van der Waals surface area contributed by atoms with Crippen molar-refractivity contribution in [3.05, 3.63) is 29.3 Å². The van der Waals surface area contributed by atoms with Gasteiger partial charge in [0.15, 0.2) is 0 Å². The zero-order valence-corrected chi connectivity index (χ0v) is 14.2. The highest BCUT2D eigenvalue weighted by molar-refractivity contribution is 6.39. The summed E-state index contributed by atoms with van der Waals surface area (Å²) in [4.78, 5) is 24.9. The van der Waals surface area contributed by atoms with Crippen LogP contribution in [0.15, 0.2) is 18.2 Å². The van der Waals surface area contributed by atoms with Gasteiger partial charge in [0.1, 0.15) is 0 Å². The van der Waals surface area contributed by atoms with Crippen LogP contribution >= 0.6 is 0 Å². The average Bonchev–Trinajstić information content (AvgIpc) is 2.49. The van der Waals surface area contributed by atoms with Crippen LogP contribution in [0.3, 0.4) is 0 Å². The van der Waals surface area contributed by atoms with Crippen molar-refractivity contribution >= 4 is 17.5 Å². The summed E-state index contributed by atoms with van der Waals surface area (Å²) in [7, 11) is 3.28. The number of aliphatic hydroxyl groups excluding tert-OH is 1. The van der Waals surface area contributed by atoms with E-state index in [1.165, 1.54) is 0 Å². The summed E-state index contributed by atoms with van der Waals surface area (Å²) in [6, 6.07) is 0.454. The van der Waals surface area contributed by atoms with Crippen molar-refractivity contribution in [2.75, 3.05) is 32.5 Å². The Hall–Kier alpha value is -2.34. The molecule has 6 nitrogen and oxygen atoms in total. The number of rotatable bonds is 5. The Bertz CT molecular complexity index is 656. The number of amides is 2. The molecule has 0 radical (unpaired) electrons. The Morgan fingerprint density at radius 2 is 1.48 bits per heavy atom. The van der Waals surface area contributed by atoms with Gasteiger partial charge in [-0.1, -0.05) is 0 Å². The molecule has 1 rings (SSSR count). The Labute approximate surface area is 150 Å². The Morgan fingerprint density at radius 3 is 1.89 bits per heavy atom. The lowest BCUT2D eigenvalue weighted by Gasteiger charge is -2.17. The quantitative estimate of drug-likeness (QED) is 0.518. The fourth-order valence-corrected chi connectivity index (χ4v) is 1.99. The van der Waals surface area contributed by atoms with Crippen molar-refractivity contribution in [2.24, 2.45) is 0 Å². The first-order chi connectivity index (χ1) is 12.2. The topological polar surface area (TPSA) is 81.7 Å². The molecule has 1 aromatic rings. The van der Waals surface area contributed by atoms with Crippen LogP contribution in [0.25, 0.3) is 0 Å². The zero-order valence-electron chi connectivity index (χ0n) is 14.2. The standard InChI is InChI=1S/C15H17F6N3O3/c1-24(2)7-11(25)6-22-12(26)13(27)23-10-4-8(14(16,17)18)3-9(5-10)15(19,20)21/h3-5,11,25H,6-7H2,1-2H3,(H,22,26)(H,23,27). The third kappa shape index (κ3) is 7.43. The van der Waals surface area contributed by atoms with Crippen molar-refractivity contribution in [3.8, 4) is 0 Å². The molecule has 0 aliphatic heterocycles. The molecule has 27 heavy (non-hydrogen) atoms. The second-order valence-corrected chi connectivity index (χ2v) is 5.87. The number of aliphatic hydroxyl groups is 1. The molecule has 2 amide bonds. The van der Waals surface area contributed by atoms with Gasteiger partial charge in [-0.3, -0.25) is 9.59 Å². The van der Waals surface area contributed by atoms with E-state index in [0.29, 0.717) is 0 Å². The van der Waals surface area contributed by atoms with E-state index in [0.717, 1.165) is 0 Å². The van der Waals surface area contributed by atoms with Crippen LogP contribution < -0.4 is 10.6 Å². The molecule has 0 aliphatic rings. The summed E-state index contributed by atoms with van der Waals surface area (Å²) in [6.45, 7) is -0.175. The SMILES string of the molecule is CN(C)CC(O)CNC(=O)C(=O)Nc1cc(C(F)(F)F)cc(C(F)(F)F)c1. The van der Waals surface area contributed by atoms with Crippen molar-refractivity contribution in [3.63, 3.8) is 0 Å². The maximum absolute atomic E-state index is 12.8. The molecule has 0 bridgehead atoms. The molecule has 1 unspecified atom stereocenters. The summed E-state index contributed by atoms with van der Waals surface area (Å²) < 4.78 is 76.5. The molecule has 0 fully saturated rings. The predicted molar refractivity (Wildman–Crippen MR) is 82.6 cm³/mol. The first-order valence-corrected chi connectivity index (χ1v) is 7.41. The van der Waals surface area contributed by atoms with Crippen LogP contribution in [0.1, 0.15) is 11.1 Å². The number of carbonyl (C=O) groups is 2. The summed E-state index contributed by atoms with van der Waals surface area (Å²) in [5, 5.41) is 13.3. The summed E-state index contributed by atoms with van der Waals surface area (Å²) >= 11 is 0. The van der Waals surface area contributed by atoms with Gasteiger partial charge in [-0.25, -0.2) is 0 Å². The Morgan fingerprint density at radius 1 is 1.00 bits per heavy atom. The molecule has 0 saturated carbocycles.